The smallest absolute Gasteiger partial charge is 0.151 e. The molecular weight excluding hydrogens is 251 g/mol. The number of nitriles is 1. The second kappa shape index (κ2) is 4.64. The quantitative estimate of drug-likeness (QED) is 0.894. The second-order valence-electron chi connectivity index (χ2n) is 5.27. The van der Waals surface area contributed by atoms with E-state index in [1.54, 1.807) is 6.07 Å². The number of hydrogen-bond donors (Lipinski definition) is 1. The van der Waals surface area contributed by atoms with Crippen LogP contribution in [-0.2, 0) is 12.0 Å². The molecule has 1 aliphatic carbocycles. The molecule has 0 fully saturated rings. The Morgan fingerprint density at radius 3 is 2.65 bits per heavy atom. The van der Waals surface area contributed by atoms with E-state index in [-0.39, 0.29) is 5.82 Å². The van der Waals surface area contributed by atoms with Crippen LogP contribution in [0.15, 0.2) is 42.5 Å². The molecule has 2 nitrogen and oxygen atoms in total. The van der Waals surface area contributed by atoms with Crippen LogP contribution in [0, 0.1) is 24.1 Å². The van der Waals surface area contributed by atoms with Crippen molar-refractivity contribution in [2.45, 2.75) is 25.3 Å². The van der Waals surface area contributed by atoms with Crippen LogP contribution >= 0.6 is 0 Å². The van der Waals surface area contributed by atoms with Gasteiger partial charge in [-0.05, 0) is 49.1 Å². The van der Waals surface area contributed by atoms with E-state index in [9.17, 15) is 9.65 Å². The molecule has 0 aliphatic heterocycles. The van der Waals surface area contributed by atoms with Crippen molar-refractivity contribution in [1.29, 1.82) is 5.26 Å². The molecule has 1 N–H and O–H groups in total. The van der Waals surface area contributed by atoms with Crippen molar-refractivity contribution in [2.75, 3.05) is 5.32 Å². The van der Waals surface area contributed by atoms with Crippen LogP contribution in [-0.4, -0.2) is 0 Å². The third kappa shape index (κ3) is 1.94. The zero-order valence-corrected chi connectivity index (χ0v) is 11.3. The molecule has 3 heteroatoms. The molecule has 20 heavy (non-hydrogen) atoms. The minimum Gasteiger partial charge on any atom is -0.364 e. The number of anilines is 1. The zero-order chi connectivity index (χ0) is 14.2. The minimum absolute atomic E-state index is 0.217. The molecule has 0 bridgehead atoms. The van der Waals surface area contributed by atoms with Crippen molar-refractivity contribution in [1.82, 2.24) is 0 Å². The zero-order valence-electron chi connectivity index (χ0n) is 11.3. The molecule has 0 spiro atoms. The summed E-state index contributed by atoms with van der Waals surface area (Å²) in [6.07, 6.45) is 1.18. The first kappa shape index (κ1) is 12.7. The molecule has 0 amide bonds. The third-order valence-corrected chi connectivity index (χ3v) is 3.93. The summed E-state index contributed by atoms with van der Waals surface area (Å²) in [5, 5.41) is 12.9. The summed E-state index contributed by atoms with van der Waals surface area (Å²) in [4.78, 5) is 0. The summed E-state index contributed by atoms with van der Waals surface area (Å²) >= 11 is 0. The molecule has 0 heterocycles. The maximum Gasteiger partial charge on any atom is 0.151 e. The standard InChI is InChI=1S/C17H15FN2/c1-12-5-7-13(8-6-12)20-17(11-19)10-9-14-15(17)3-2-4-16(14)18/h2-8,20H,9-10H2,1H3. The van der Waals surface area contributed by atoms with E-state index >= 15 is 0 Å². The molecule has 2 aromatic rings. The highest BCUT2D eigenvalue weighted by molar-refractivity contribution is 5.55. The highest BCUT2D eigenvalue weighted by atomic mass is 19.1. The van der Waals surface area contributed by atoms with E-state index in [4.69, 9.17) is 0 Å². The number of nitrogens with zero attached hydrogens (tertiary/aromatic N) is 1. The molecule has 0 saturated carbocycles. The van der Waals surface area contributed by atoms with Crippen molar-refractivity contribution in [2.24, 2.45) is 0 Å². The van der Waals surface area contributed by atoms with E-state index in [1.165, 1.54) is 11.6 Å². The Morgan fingerprint density at radius 1 is 1.20 bits per heavy atom. The predicted molar refractivity (Wildman–Crippen MR) is 76.8 cm³/mol. The van der Waals surface area contributed by atoms with Crippen molar-refractivity contribution < 1.29 is 4.39 Å². The van der Waals surface area contributed by atoms with Crippen LogP contribution in [0.3, 0.4) is 0 Å². The van der Waals surface area contributed by atoms with Gasteiger partial charge in [-0.1, -0.05) is 29.8 Å². The highest BCUT2D eigenvalue weighted by Gasteiger charge is 2.40. The van der Waals surface area contributed by atoms with Gasteiger partial charge in [-0.2, -0.15) is 5.26 Å². The molecule has 1 aliphatic rings. The summed E-state index contributed by atoms with van der Waals surface area (Å²) in [6.45, 7) is 2.02. The van der Waals surface area contributed by atoms with Crippen LogP contribution in [0.4, 0.5) is 10.1 Å². The van der Waals surface area contributed by atoms with Gasteiger partial charge in [-0.25, -0.2) is 4.39 Å². The number of hydrogen-bond acceptors (Lipinski definition) is 2. The van der Waals surface area contributed by atoms with E-state index in [0.29, 0.717) is 18.4 Å². The first-order valence-electron chi connectivity index (χ1n) is 6.69. The van der Waals surface area contributed by atoms with Gasteiger partial charge in [0.05, 0.1) is 6.07 Å². The van der Waals surface area contributed by atoms with Gasteiger partial charge in [0.15, 0.2) is 5.54 Å². The van der Waals surface area contributed by atoms with E-state index < -0.39 is 5.54 Å². The summed E-state index contributed by atoms with van der Waals surface area (Å²) in [5.74, 6) is -0.217. The number of rotatable bonds is 2. The number of aryl methyl sites for hydroxylation is 1. The van der Waals surface area contributed by atoms with Gasteiger partial charge in [0, 0.05) is 5.69 Å². The maximum atomic E-state index is 13.8. The van der Waals surface area contributed by atoms with Gasteiger partial charge >= 0.3 is 0 Å². The molecule has 3 rings (SSSR count). The fourth-order valence-electron chi connectivity index (χ4n) is 2.82. The molecule has 2 aromatic carbocycles. The fourth-order valence-corrected chi connectivity index (χ4v) is 2.82. The topological polar surface area (TPSA) is 35.8 Å². The first-order valence-corrected chi connectivity index (χ1v) is 6.69. The molecular formula is C17H15FN2. The molecule has 100 valence electrons. The largest absolute Gasteiger partial charge is 0.364 e. The monoisotopic (exact) mass is 266 g/mol. The lowest BCUT2D eigenvalue weighted by Crippen LogP contribution is -2.31. The number of nitrogens with one attached hydrogen (secondary N) is 1. The van der Waals surface area contributed by atoms with E-state index in [1.807, 2.05) is 37.3 Å². The molecule has 1 unspecified atom stereocenters. The Bertz CT molecular complexity index is 685. The Morgan fingerprint density at radius 2 is 1.95 bits per heavy atom. The first-order chi connectivity index (χ1) is 9.64. The van der Waals surface area contributed by atoms with Crippen LogP contribution in [0.2, 0.25) is 0 Å². The maximum absolute atomic E-state index is 13.8. The van der Waals surface area contributed by atoms with Gasteiger partial charge < -0.3 is 5.32 Å². The third-order valence-electron chi connectivity index (χ3n) is 3.93. The SMILES string of the molecule is Cc1ccc(NC2(C#N)CCc3c(F)cccc32)cc1. The van der Waals surface area contributed by atoms with Crippen molar-refractivity contribution >= 4 is 5.69 Å². The van der Waals surface area contributed by atoms with E-state index in [0.717, 1.165) is 11.3 Å². The lowest BCUT2D eigenvalue weighted by Gasteiger charge is -2.25. The average molecular weight is 266 g/mol. The summed E-state index contributed by atoms with van der Waals surface area (Å²) in [6, 6.07) is 15.2. The van der Waals surface area contributed by atoms with Crippen molar-refractivity contribution in [3.63, 3.8) is 0 Å². The van der Waals surface area contributed by atoms with E-state index in [2.05, 4.69) is 11.4 Å². The summed E-state index contributed by atoms with van der Waals surface area (Å²) < 4.78 is 13.8. The van der Waals surface area contributed by atoms with Crippen LogP contribution < -0.4 is 5.32 Å². The van der Waals surface area contributed by atoms with Gasteiger partial charge in [-0.15, -0.1) is 0 Å². The summed E-state index contributed by atoms with van der Waals surface area (Å²) in [5.41, 5.74) is 2.65. The second-order valence-corrected chi connectivity index (χ2v) is 5.27. The van der Waals surface area contributed by atoms with Crippen molar-refractivity contribution in [3.8, 4) is 6.07 Å². The highest BCUT2D eigenvalue weighted by Crippen LogP contribution is 2.40. The molecule has 0 radical (unpaired) electrons. The number of halogens is 1. The fraction of sp³-hybridized carbons (Fsp3) is 0.235. The Labute approximate surface area is 117 Å². The molecule has 0 saturated heterocycles. The Kier molecular flexibility index (Phi) is 2.94. The van der Waals surface area contributed by atoms with Crippen LogP contribution in [0.1, 0.15) is 23.1 Å². The minimum atomic E-state index is -0.827. The van der Waals surface area contributed by atoms with Gasteiger partial charge in [-0.3, -0.25) is 0 Å². The normalized spacial score (nSPS) is 20.2. The van der Waals surface area contributed by atoms with Gasteiger partial charge in [0.25, 0.3) is 0 Å². The Balaban J connectivity index is 2.01. The number of fused-ring (bicyclic) bond motifs is 1. The molecule has 1 atom stereocenters. The molecule has 0 aromatic heterocycles. The Hall–Kier alpha value is -2.34. The summed E-state index contributed by atoms with van der Waals surface area (Å²) in [7, 11) is 0. The van der Waals surface area contributed by atoms with Crippen LogP contribution in [0.25, 0.3) is 0 Å². The van der Waals surface area contributed by atoms with Crippen molar-refractivity contribution in [3.05, 3.63) is 65.0 Å². The van der Waals surface area contributed by atoms with Gasteiger partial charge in [0.1, 0.15) is 5.82 Å². The predicted octanol–water partition coefficient (Wildman–Crippen LogP) is 3.91. The number of benzene rings is 2. The average Bonchev–Trinajstić information content (AvgIpc) is 2.83. The lowest BCUT2D eigenvalue weighted by atomic mass is 9.93. The lowest BCUT2D eigenvalue weighted by molar-refractivity contribution is 0.609. The van der Waals surface area contributed by atoms with Crippen LogP contribution in [0.5, 0.6) is 0 Å². The van der Waals surface area contributed by atoms with Gasteiger partial charge in [0.2, 0.25) is 0 Å².